The van der Waals surface area contributed by atoms with Crippen LogP contribution >= 0.6 is 0 Å². The van der Waals surface area contributed by atoms with Crippen molar-refractivity contribution in [2.45, 2.75) is 18.9 Å². The van der Waals surface area contributed by atoms with Crippen molar-refractivity contribution in [2.24, 2.45) is 11.8 Å². The fraction of sp³-hybridized carbons (Fsp3) is 0.278. The Morgan fingerprint density at radius 2 is 1.95 bits per heavy atom. The lowest BCUT2D eigenvalue weighted by atomic mass is 10.0. The maximum absolute atomic E-state index is 11.0. The van der Waals surface area contributed by atoms with Crippen LogP contribution in [0.2, 0.25) is 0 Å². The highest BCUT2D eigenvalue weighted by Gasteiger charge is 2.56. The molecule has 2 aromatic carbocycles. The van der Waals surface area contributed by atoms with E-state index in [1.165, 1.54) is 16.7 Å². The summed E-state index contributed by atoms with van der Waals surface area (Å²) in [7, 11) is 0. The molecule has 0 spiro atoms. The zero-order valence-electron chi connectivity index (χ0n) is 11.2. The van der Waals surface area contributed by atoms with Crippen LogP contribution in [0.1, 0.15) is 22.6 Å². The summed E-state index contributed by atoms with van der Waals surface area (Å²) in [5.74, 6) is 2.13. The van der Waals surface area contributed by atoms with Crippen molar-refractivity contribution >= 4 is 6.29 Å². The van der Waals surface area contributed by atoms with Crippen LogP contribution < -0.4 is 4.74 Å². The van der Waals surface area contributed by atoms with E-state index in [1.807, 2.05) is 24.3 Å². The maximum Gasteiger partial charge on any atom is 0.124 e. The van der Waals surface area contributed by atoms with Gasteiger partial charge in [0.25, 0.3) is 0 Å². The SMILES string of the molecule is O=CC1C2Cc3cccc(OCc4ccccc4)c3C12. The molecule has 0 heterocycles. The van der Waals surface area contributed by atoms with Gasteiger partial charge in [-0.1, -0.05) is 42.5 Å². The van der Waals surface area contributed by atoms with E-state index < -0.39 is 0 Å². The summed E-state index contributed by atoms with van der Waals surface area (Å²) in [5.41, 5.74) is 3.82. The first-order chi connectivity index (χ1) is 9.88. The van der Waals surface area contributed by atoms with E-state index in [0.29, 0.717) is 18.4 Å². The molecule has 3 unspecified atom stereocenters. The number of hydrogen-bond donors (Lipinski definition) is 0. The number of hydrogen-bond acceptors (Lipinski definition) is 2. The number of carbonyl (C=O) groups is 1. The average Bonchev–Trinajstić information content (AvgIpc) is 3.05. The second-order valence-corrected chi connectivity index (χ2v) is 5.71. The van der Waals surface area contributed by atoms with Gasteiger partial charge in [-0.15, -0.1) is 0 Å². The first-order valence-electron chi connectivity index (χ1n) is 7.12. The molecule has 2 aromatic rings. The van der Waals surface area contributed by atoms with Crippen molar-refractivity contribution in [1.29, 1.82) is 0 Å². The molecular formula is C18H16O2. The molecule has 0 N–H and O–H groups in total. The van der Waals surface area contributed by atoms with Crippen molar-refractivity contribution in [2.75, 3.05) is 0 Å². The number of ether oxygens (including phenoxy) is 1. The lowest BCUT2D eigenvalue weighted by Crippen LogP contribution is -2.01. The normalized spacial score (nSPS) is 25.7. The van der Waals surface area contributed by atoms with Crippen LogP contribution in [0.15, 0.2) is 48.5 Å². The first kappa shape index (κ1) is 11.7. The van der Waals surface area contributed by atoms with Crippen molar-refractivity contribution < 1.29 is 9.53 Å². The predicted molar refractivity (Wildman–Crippen MR) is 76.7 cm³/mol. The molecule has 3 atom stereocenters. The van der Waals surface area contributed by atoms with Crippen molar-refractivity contribution in [3.8, 4) is 5.75 Å². The van der Waals surface area contributed by atoms with Gasteiger partial charge in [-0.2, -0.15) is 0 Å². The monoisotopic (exact) mass is 264 g/mol. The molecule has 0 radical (unpaired) electrons. The fourth-order valence-corrected chi connectivity index (χ4v) is 3.52. The van der Waals surface area contributed by atoms with Gasteiger partial charge in [-0.3, -0.25) is 0 Å². The predicted octanol–water partition coefficient (Wildman–Crippen LogP) is 3.35. The zero-order chi connectivity index (χ0) is 13.5. The number of rotatable bonds is 4. The maximum atomic E-state index is 11.0. The summed E-state index contributed by atoms with van der Waals surface area (Å²) < 4.78 is 6.01. The molecule has 100 valence electrons. The summed E-state index contributed by atoms with van der Waals surface area (Å²) in [6, 6.07) is 16.4. The molecule has 1 fully saturated rings. The van der Waals surface area contributed by atoms with Crippen LogP contribution in [0.5, 0.6) is 5.75 Å². The van der Waals surface area contributed by atoms with Crippen LogP contribution in [0, 0.1) is 11.8 Å². The summed E-state index contributed by atoms with van der Waals surface area (Å²) in [6.45, 7) is 0.584. The smallest absolute Gasteiger partial charge is 0.124 e. The highest BCUT2D eigenvalue weighted by molar-refractivity contribution is 5.67. The molecule has 2 nitrogen and oxygen atoms in total. The van der Waals surface area contributed by atoms with Gasteiger partial charge in [0.15, 0.2) is 0 Å². The lowest BCUT2D eigenvalue weighted by Gasteiger charge is -2.13. The molecule has 20 heavy (non-hydrogen) atoms. The third-order valence-electron chi connectivity index (χ3n) is 4.57. The van der Waals surface area contributed by atoms with Crippen molar-refractivity contribution in [3.05, 3.63) is 65.2 Å². The van der Waals surface area contributed by atoms with Gasteiger partial charge in [-0.05, 0) is 29.5 Å². The topological polar surface area (TPSA) is 26.3 Å². The Labute approximate surface area is 118 Å². The molecule has 2 aliphatic rings. The van der Waals surface area contributed by atoms with E-state index in [0.717, 1.165) is 18.5 Å². The minimum Gasteiger partial charge on any atom is -0.489 e. The van der Waals surface area contributed by atoms with Crippen molar-refractivity contribution in [3.63, 3.8) is 0 Å². The molecule has 2 aliphatic carbocycles. The van der Waals surface area contributed by atoms with Crippen LogP contribution in [0.3, 0.4) is 0 Å². The van der Waals surface area contributed by atoms with Gasteiger partial charge in [0.2, 0.25) is 0 Å². The Kier molecular flexibility index (Phi) is 2.62. The van der Waals surface area contributed by atoms with E-state index in [4.69, 9.17) is 4.74 Å². The Balaban J connectivity index is 1.58. The van der Waals surface area contributed by atoms with Crippen LogP contribution in [-0.4, -0.2) is 6.29 Å². The molecule has 0 bridgehead atoms. The minimum atomic E-state index is 0.226. The van der Waals surface area contributed by atoms with E-state index in [1.54, 1.807) is 0 Å². The third kappa shape index (κ3) is 1.75. The molecule has 0 saturated heterocycles. The molecule has 2 heteroatoms. The van der Waals surface area contributed by atoms with Crippen LogP contribution in [0.25, 0.3) is 0 Å². The van der Waals surface area contributed by atoms with Gasteiger partial charge >= 0.3 is 0 Å². The van der Waals surface area contributed by atoms with Crippen LogP contribution in [0.4, 0.5) is 0 Å². The summed E-state index contributed by atoms with van der Waals surface area (Å²) in [4.78, 5) is 11.0. The Hall–Kier alpha value is -2.09. The quantitative estimate of drug-likeness (QED) is 0.792. The summed E-state index contributed by atoms with van der Waals surface area (Å²) in [5, 5.41) is 0. The second kappa shape index (κ2) is 4.48. The number of fused-ring (bicyclic) bond motifs is 3. The van der Waals surface area contributed by atoms with Gasteiger partial charge in [0.1, 0.15) is 18.6 Å². The standard InChI is InChI=1S/C18H16O2/c19-10-15-14-9-13-7-4-8-16(17(13)18(14)15)20-11-12-5-2-1-3-6-12/h1-8,10,14-15,18H,9,11H2. The Morgan fingerprint density at radius 1 is 1.10 bits per heavy atom. The zero-order valence-corrected chi connectivity index (χ0v) is 11.2. The molecule has 0 aliphatic heterocycles. The van der Waals surface area contributed by atoms with Gasteiger partial charge in [0, 0.05) is 17.4 Å². The van der Waals surface area contributed by atoms with E-state index in [9.17, 15) is 4.79 Å². The molecule has 0 amide bonds. The fourth-order valence-electron chi connectivity index (χ4n) is 3.52. The lowest BCUT2D eigenvalue weighted by molar-refractivity contribution is -0.109. The van der Waals surface area contributed by atoms with Gasteiger partial charge in [-0.25, -0.2) is 0 Å². The molecule has 4 rings (SSSR count). The number of benzene rings is 2. The number of carbonyl (C=O) groups excluding carboxylic acids is 1. The molecular weight excluding hydrogens is 248 g/mol. The van der Waals surface area contributed by atoms with E-state index in [-0.39, 0.29) is 5.92 Å². The Bertz CT molecular complexity index is 648. The molecule has 0 aromatic heterocycles. The van der Waals surface area contributed by atoms with Gasteiger partial charge in [0.05, 0.1) is 0 Å². The highest BCUT2D eigenvalue weighted by Crippen LogP contribution is 2.62. The summed E-state index contributed by atoms with van der Waals surface area (Å²) >= 11 is 0. The average molecular weight is 264 g/mol. The van der Waals surface area contributed by atoms with Crippen LogP contribution in [-0.2, 0) is 17.8 Å². The second-order valence-electron chi connectivity index (χ2n) is 5.71. The molecule has 1 saturated carbocycles. The van der Waals surface area contributed by atoms with E-state index >= 15 is 0 Å². The van der Waals surface area contributed by atoms with Gasteiger partial charge < -0.3 is 9.53 Å². The minimum absolute atomic E-state index is 0.226. The summed E-state index contributed by atoms with van der Waals surface area (Å²) in [6.07, 6.45) is 2.15. The third-order valence-corrected chi connectivity index (χ3v) is 4.57. The van der Waals surface area contributed by atoms with Crippen molar-refractivity contribution in [1.82, 2.24) is 0 Å². The highest BCUT2D eigenvalue weighted by atomic mass is 16.5. The Morgan fingerprint density at radius 3 is 2.75 bits per heavy atom. The first-order valence-corrected chi connectivity index (χ1v) is 7.12. The number of aldehydes is 1. The largest absolute Gasteiger partial charge is 0.489 e. The van der Waals surface area contributed by atoms with E-state index in [2.05, 4.69) is 24.3 Å².